The molecule has 0 bridgehead atoms. The van der Waals surface area contributed by atoms with E-state index in [1.165, 1.54) is 24.2 Å². The Morgan fingerprint density at radius 3 is 2.78 bits per heavy atom. The molecule has 5 heteroatoms. The number of carbonyl (C=O) groups excluding carboxylic acids is 1. The van der Waals surface area contributed by atoms with Crippen LogP contribution in [-0.4, -0.2) is 16.9 Å². The van der Waals surface area contributed by atoms with Crippen LogP contribution in [0.15, 0.2) is 35.8 Å². The Morgan fingerprint density at radius 1 is 1.28 bits per heavy atom. The summed E-state index contributed by atoms with van der Waals surface area (Å²) in [5.41, 5.74) is 2.97. The zero-order valence-corrected chi connectivity index (χ0v) is 10.5. The predicted octanol–water partition coefficient (Wildman–Crippen LogP) is 2.97. The lowest BCUT2D eigenvalue weighted by atomic mass is 10.3. The van der Waals surface area contributed by atoms with E-state index in [1.807, 2.05) is 30.3 Å². The summed E-state index contributed by atoms with van der Waals surface area (Å²) in [6, 6.07) is 9.93. The highest BCUT2D eigenvalue weighted by atomic mass is 32.1. The average Bonchev–Trinajstić information content (AvgIpc) is 3.06. The number of nitrogens with one attached hydrogen (secondary N) is 2. The predicted molar refractivity (Wildman–Crippen MR) is 73.2 cm³/mol. The SMILES string of the molecule is O=C(Nc1ccccc1)c1ncsc1NC1CC1. The molecule has 0 aliphatic heterocycles. The lowest BCUT2D eigenvalue weighted by Crippen LogP contribution is -2.15. The van der Waals surface area contributed by atoms with Crippen LogP contribution in [0, 0.1) is 0 Å². The molecule has 0 spiro atoms. The minimum absolute atomic E-state index is 0.161. The summed E-state index contributed by atoms with van der Waals surface area (Å²) in [5, 5.41) is 7.04. The van der Waals surface area contributed by atoms with E-state index in [9.17, 15) is 4.79 Å². The van der Waals surface area contributed by atoms with E-state index in [2.05, 4.69) is 15.6 Å². The fourth-order valence-electron chi connectivity index (χ4n) is 1.64. The Bertz CT molecular complexity index is 548. The van der Waals surface area contributed by atoms with Gasteiger partial charge in [0.2, 0.25) is 0 Å². The Balaban J connectivity index is 1.73. The molecule has 2 aromatic rings. The van der Waals surface area contributed by atoms with Gasteiger partial charge in [-0.1, -0.05) is 18.2 Å². The zero-order chi connectivity index (χ0) is 12.4. The number of para-hydroxylation sites is 1. The molecule has 1 amide bonds. The van der Waals surface area contributed by atoms with Crippen LogP contribution in [0.2, 0.25) is 0 Å². The molecule has 1 aliphatic carbocycles. The molecule has 0 unspecified atom stereocenters. The van der Waals surface area contributed by atoms with Crippen LogP contribution in [-0.2, 0) is 0 Å². The smallest absolute Gasteiger partial charge is 0.277 e. The third kappa shape index (κ3) is 2.51. The molecule has 1 aliphatic rings. The fraction of sp³-hybridized carbons (Fsp3) is 0.231. The molecule has 0 radical (unpaired) electrons. The largest absolute Gasteiger partial charge is 0.372 e. The van der Waals surface area contributed by atoms with Gasteiger partial charge < -0.3 is 10.6 Å². The Kier molecular flexibility index (Phi) is 2.98. The number of thiazole rings is 1. The van der Waals surface area contributed by atoms with Crippen molar-refractivity contribution in [2.45, 2.75) is 18.9 Å². The topological polar surface area (TPSA) is 54.0 Å². The minimum Gasteiger partial charge on any atom is -0.372 e. The fourth-order valence-corrected chi connectivity index (χ4v) is 2.39. The van der Waals surface area contributed by atoms with Crippen LogP contribution in [0.25, 0.3) is 0 Å². The molecule has 1 saturated carbocycles. The van der Waals surface area contributed by atoms with Gasteiger partial charge in [-0.15, -0.1) is 11.3 Å². The molecule has 4 nitrogen and oxygen atoms in total. The van der Waals surface area contributed by atoms with E-state index >= 15 is 0 Å². The maximum Gasteiger partial charge on any atom is 0.277 e. The van der Waals surface area contributed by atoms with Gasteiger partial charge in [-0.05, 0) is 25.0 Å². The minimum atomic E-state index is -0.161. The van der Waals surface area contributed by atoms with Crippen molar-refractivity contribution in [2.24, 2.45) is 0 Å². The lowest BCUT2D eigenvalue weighted by Gasteiger charge is -2.06. The van der Waals surface area contributed by atoms with Gasteiger partial charge in [0.15, 0.2) is 5.69 Å². The Labute approximate surface area is 109 Å². The van der Waals surface area contributed by atoms with Gasteiger partial charge in [-0.25, -0.2) is 4.98 Å². The maximum atomic E-state index is 12.1. The van der Waals surface area contributed by atoms with Crippen LogP contribution in [0.1, 0.15) is 23.3 Å². The summed E-state index contributed by atoms with van der Waals surface area (Å²) in [7, 11) is 0. The van der Waals surface area contributed by atoms with Crippen LogP contribution in [0.3, 0.4) is 0 Å². The van der Waals surface area contributed by atoms with Crippen molar-refractivity contribution in [3.63, 3.8) is 0 Å². The highest BCUT2D eigenvalue weighted by molar-refractivity contribution is 7.14. The number of anilines is 2. The number of hydrogen-bond donors (Lipinski definition) is 2. The van der Waals surface area contributed by atoms with Crippen molar-refractivity contribution in [2.75, 3.05) is 10.6 Å². The van der Waals surface area contributed by atoms with Gasteiger partial charge in [0.1, 0.15) is 5.00 Å². The van der Waals surface area contributed by atoms with E-state index in [0.717, 1.165) is 10.7 Å². The van der Waals surface area contributed by atoms with Gasteiger partial charge in [-0.3, -0.25) is 4.79 Å². The molecule has 2 N–H and O–H groups in total. The molecule has 1 fully saturated rings. The molecule has 0 atom stereocenters. The van der Waals surface area contributed by atoms with Crippen LogP contribution >= 0.6 is 11.3 Å². The molecule has 3 rings (SSSR count). The number of hydrogen-bond acceptors (Lipinski definition) is 4. The van der Waals surface area contributed by atoms with Gasteiger partial charge >= 0.3 is 0 Å². The average molecular weight is 259 g/mol. The van der Waals surface area contributed by atoms with Crippen molar-refractivity contribution >= 4 is 27.9 Å². The van der Waals surface area contributed by atoms with Crippen LogP contribution in [0.5, 0.6) is 0 Å². The molecular weight excluding hydrogens is 246 g/mol. The van der Waals surface area contributed by atoms with Crippen LogP contribution in [0.4, 0.5) is 10.7 Å². The highest BCUT2D eigenvalue weighted by Crippen LogP contribution is 2.29. The summed E-state index contributed by atoms with van der Waals surface area (Å²) in [6.07, 6.45) is 2.36. The number of amides is 1. The van der Waals surface area contributed by atoms with E-state index in [4.69, 9.17) is 0 Å². The van der Waals surface area contributed by atoms with Gasteiger partial charge in [-0.2, -0.15) is 0 Å². The molecule has 92 valence electrons. The standard InChI is InChI=1S/C13H13N3OS/c17-12(15-9-4-2-1-3-5-9)11-13(18-8-14-11)16-10-6-7-10/h1-5,8,10,16H,6-7H2,(H,15,17). The molecular formula is C13H13N3OS. The number of benzene rings is 1. The first-order valence-electron chi connectivity index (χ1n) is 5.89. The number of rotatable bonds is 4. The summed E-state index contributed by atoms with van der Waals surface area (Å²) >= 11 is 1.47. The second-order valence-electron chi connectivity index (χ2n) is 4.27. The summed E-state index contributed by atoms with van der Waals surface area (Å²) in [4.78, 5) is 16.2. The summed E-state index contributed by atoms with van der Waals surface area (Å²) < 4.78 is 0. The third-order valence-corrected chi connectivity index (χ3v) is 3.48. The van der Waals surface area contributed by atoms with Gasteiger partial charge in [0.05, 0.1) is 5.51 Å². The normalized spacial score (nSPS) is 14.2. The Hall–Kier alpha value is -1.88. The summed E-state index contributed by atoms with van der Waals surface area (Å²) in [5.74, 6) is -0.161. The van der Waals surface area contributed by atoms with Crippen molar-refractivity contribution in [3.8, 4) is 0 Å². The quantitative estimate of drug-likeness (QED) is 0.887. The van der Waals surface area contributed by atoms with E-state index in [-0.39, 0.29) is 5.91 Å². The third-order valence-electron chi connectivity index (χ3n) is 2.73. The van der Waals surface area contributed by atoms with Gasteiger partial charge in [0.25, 0.3) is 5.91 Å². The molecule has 18 heavy (non-hydrogen) atoms. The monoisotopic (exact) mass is 259 g/mol. The highest BCUT2D eigenvalue weighted by Gasteiger charge is 2.24. The first-order valence-corrected chi connectivity index (χ1v) is 6.77. The second kappa shape index (κ2) is 4.78. The lowest BCUT2D eigenvalue weighted by molar-refractivity contribution is 0.102. The van der Waals surface area contributed by atoms with Crippen molar-refractivity contribution in [1.29, 1.82) is 0 Å². The Morgan fingerprint density at radius 2 is 2.06 bits per heavy atom. The first-order chi connectivity index (χ1) is 8.83. The first kappa shape index (κ1) is 11.2. The number of carbonyl (C=O) groups is 1. The number of aromatic nitrogens is 1. The molecule has 1 aromatic carbocycles. The molecule has 0 saturated heterocycles. The number of nitrogens with zero attached hydrogens (tertiary/aromatic N) is 1. The van der Waals surface area contributed by atoms with Gasteiger partial charge in [0, 0.05) is 11.7 Å². The summed E-state index contributed by atoms with van der Waals surface area (Å²) in [6.45, 7) is 0. The van der Waals surface area contributed by atoms with E-state index in [1.54, 1.807) is 5.51 Å². The van der Waals surface area contributed by atoms with E-state index < -0.39 is 0 Å². The zero-order valence-electron chi connectivity index (χ0n) is 9.72. The van der Waals surface area contributed by atoms with Crippen molar-refractivity contribution < 1.29 is 4.79 Å². The molecule has 1 heterocycles. The van der Waals surface area contributed by atoms with Crippen LogP contribution < -0.4 is 10.6 Å². The second-order valence-corrected chi connectivity index (χ2v) is 5.12. The van der Waals surface area contributed by atoms with Crippen molar-refractivity contribution in [1.82, 2.24) is 4.98 Å². The van der Waals surface area contributed by atoms with Crippen molar-refractivity contribution in [3.05, 3.63) is 41.5 Å². The van der Waals surface area contributed by atoms with E-state index in [0.29, 0.717) is 11.7 Å². The molecule has 1 aromatic heterocycles. The maximum absolute atomic E-state index is 12.1.